The fraction of sp³-hybridized carbons (Fsp3) is 1.00. The van der Waals surface area contributed by atoms with E-state index in [9.17, 15) is 0 Å². The molecule has 0 aromatic rings. The van der Waals surface area contributed by atoms with Crippen molar-refractivity contribution in [3.05, 3.63) is 0 Å². The van der Waals surface area contributed by atoms with Crippen LogP contribution in [0, 0.1) is 0 Å². The summed E-state index contributed by atoms with van der Waals surface area (Å²) in [6, 6.07) is 0. The van der Waals surface area contributed by atoms with Crippen molar-refractivity contribution < 1.29 is 18.9 Å². The summed E-state index contributed by atoms with van der Waals surface area (Å²) < 4.78 is 24.6. The molecule has 2 unspecified atom stereocenters. The maximum absolute atomic E-state index is 6.28. The molecule has 0 spiro atoms. The van der Waals surface area contributed by atoms with Crippen LogP contribution in [0.5, 0.6) is 0 Å². The summed E-state index contributed by atoms with van der Waals surface area (Å²) in [5.41, 5.74) is -1.02. The van der Waals surface area contributed by atoms with Crippen molar-refractivity contribution in [2.75, 3.05) is 13.2 Å². The quantitative estimate of drug-likeness (QED) is 0.651. The summed E-state index contributed by atoms with van der Waals surface area (Å²) in [7, 11) is 0. The Labute approximate surface area is 150 Å². The highest BCUT2D eigenvalue weighted by molar-refractivity contribution is 4.80. The van der Waals surface area contributed by atoms with Crippen LogP contribution in [0.25, 0.3) is 0 Å². The molecule has 0 amide bonds. The first-order valence-corrected chi connectivity index (χ1v) is 9.02. The minimum atomic E-state index is -0.285. The molecule has 0 bridgehead atoms. The Morgan fingerprint density at radius 1 is 0.458 bits per heavy atom. The number of hydrogen-bond donors (Lipinski definition) is 0. The zero-order valence-electron chi connectivity index (χ0n) is 18.2. The predicted molar refractivity (Wildman–Crippen MR) is 101 cm³/mol. The molecule has 0 saturated carbocycles. The molecule has 0 heterocycles. The van der Waals surface area contributed by atoms with E-state index < -0.39 is 0 Å². The van der Waals surface area contributed by atoms with Crippen LogP contribution in [-0.2, 0) is 18.9 Å². The average molecular weight is 347 g/mol. The van der Waals surface area contributed by atoms with E-state index in [-0.39, 0.29) is 34.6 Å². The maximum atomic E-state index is 6.28. The van der Waals surface area contributed by atoms with Crippen molar-refractivity contribution in [3.8, 4) is 0 Å². The van der Waals surface area contributed by atoms with Crippen molar-refractivity contribution in [2.45, 2.75) is 118 Å². The van der Waals surface area contributed by atoms with Crippen LogP contribution in [0.15, 0.2) is 0 Å². The van der Waals surface area contributed by atoms with E-state index in [1.807, 2.05) is 41.5 Å². The summed E-state index contributed by atoms with van der Waals surface area (Å²) in [5.74, 6) is 0. The van der Waals surface area contributed by atoms with Crippen LogP contribution in [-0.4, -0.2) is 47.8 Å². The number of ether oxygens (including phenoxy) is 4. The van der Waals surface area contributed by atoms with Gasteiger partial charge in [0, 0.05) is 0 Å². The van der Waals surface area contributed by atoms with Crippen molar-refractivity contribution in [3.63, 3.8) is 0 Å². The molecule has 0 aliphatic carbocycles. The van der Waals surface area contributed by atoms with Gasteiger partial charge in [-0.05, 0) is 83.1 Å². The van der Waals surface area contributed by atoms with Crippen LogP contribution in [0.1, 0.15) is 83.1 Å². The molecule has 0 radical (unpaired) electrons. The topological polar surface area (TPSA) is 36.9 Å². The lowest BCUT2D eigenvalue weighted by Crippen LogP contribution is -2.48. The Morgan fingerprint density at radius 3 is 0.875 bits per heavy atom. The van der Waals surface area contributed by atoms with E-state index in [4.69, 9.17) is 18.9 Å². The van der Waals surface area contributed by atoms with Crippen LogP contribution in [0.2, 0.25) is 0 Å². The predicted octanol–water partition coefficient (Wildman–Crippen LogP) is 4.98. The van der Waals surface area contributed by atoms with Crippen LogP contribution in [0.3, 0.4) is 0 Å². The molecule has 24 heavy (non-hydrogen) atoms. The van der Waals surface area contributed by atoms with Gasteiger partial charge in [-0.3, -0.25) is 0 Å². The second kappa shape index (κ2) is 8.48. The van der Waals surface area contributed by atoms with E-state index in [1.54, 1.807) is 0 Å². The Hall–Kier alpha value is -0.160. The van der Waals surface area contributed by atoms with E-state index >= 15 is 0 Å². The van der Waals surface area contributed by atoms with Crippen molar-refractivity contribution in [1.82, 2.24) is 0 Å². The summed E-state index contributed by atoms with van der Waals surface area (Å²) >= 11 is 0. The summed E-state index contributed by atoms with van der Waals surface area (Å²) in [6.07, 6.45) is -0.406. The fourth-order valence-corrected chi connectivity index (χ4v) is 2.01. The highest BCUT2D eigenvalue weighted by Crippen LogP contribution is 2.23. The third-order valence-electron chi connectivity index (χ3n) is 2.79. The first kappa shape index (κ1) is 23.8. The van der Waals surface area contributed by atoms with Crippen LogP contribution < -0.4 is 0 Å². The highest BCUT2D eigenvalue weighted by atomic mass is 16.6. The van der Waals surface area contributed by atoms with Gasteiger partial charge in [0.05, 0.1) is 35.6 Å². The summed E-state index contributed by atoms with van der Waals surface area (Å²) in [4.78, 5) is 0. The van der Waals surface area contributed by atoms with Gasteiger partial charge in [-0.1, -0.05) is 0 Å². The molecule has 4 nitrogen and oxygen atoms in total. The Morgan fingerprint density at radius 2 is 0.708 bits per heavy atom. The van der Waals surface area contributed by atoms with E-state index in [2.05, 4.69) is 41.5 Å². The molecular formula is C20H42O4. The van der Waals surface area contributed by atoms with Gasteiger partial charge in [-0.15, -0.1) is 0 Å². The Bertz CT molecular complexity index is 314. The zero-order chi connectivity index (χ0) is 19.4. The molecule has 0 aliphatic rings. The molecule has 0 rings (SSSR count). The van der Waals surface area contributed by atoms with E-state index in [0.717, 1.165) is 0 Å². The van der Waals surface area contributed by atoms with E-state index in [0.29, 0.717) is 13.2 Å². The van der Waals surface area contributed by atoms with E-state index in [1.165, 1.54) is 0 Å². The highest BCUT2D eigenvalue weighted by Gasteiger charge is 2.33. The van der Waals surface area contributed by atoms with Gasteiger partial charge in [-0.2, -0.15) is 0 Å². The maximum Gasteiger partial charge on any atom is 0.110 e. The van der Waals surface area contributed by atoms with Crippen molar-refractivity contribution >= 4 is 0 Å². The van der Waals surface area contributed by atoms with Gasteiger partial charge in [0.15, 0.2) is 0 Å². The SMILES string of the molecule is CC(C)(C)OCC(OC(C)(C)C)C(COC(C)(C)C)OC(C)(C)C. The molecule has 146 valence electrons. The van der Waals surface area contributed by atoms with Crippen molar-refractivity contribution in [2.24, 2.45) is 0 Å². The van der Waals surface area contributed by atoms with Gasteiger partial charge < -0.3 is 18.9 Å². The zero-order valence-corrected chi connectivity index (χ0v) is 18.2. The molecule has 0 N–H and O–H groups in total. The Balaban J connectivity index is 5.26. The minimum Gasteiger partial charge on any atom is -0.373 e. The fourth-order valence-electron chi connectivity index (χ4n) is 2.01. The van der Waals surface area contributed by atoms with Gasteiger partial charge in [0.25, 0.3) is 0 Å². The monoisotopic (exact) mass is 346 g/mol. The molecule has 0 aromatic carbocycles. The number of hydrogen-bond acceptors (Lipinski definition) is 4. The average Bonchev–Trinajstić information content (AvgIpc) is 2.25. The third-order valence-corrected chi connectivity index (χ3v) is 2.79. The molecular weight excluding hydrogens is 304 g/mol. The molecule has 0 fully saturated rings. The van der Waals surface area contributed by atoms with Crippen LogP contribution >= 0.6 is 0 Å². The first-order chi connectivity index (χ1) is 10.4. The first-order valence-electron chi connectivity index (χ1n) is 9.02. The summed E-state index contributed by atoms with van der Waals surface area (Å²) in [6.45, 7) is 25.5. The standard InChI is InChI=1S/C20H42O4/c1-17(2,3)21-13-15(23-19(7,8)9)16(24-20(10,11)12)14-22-18(4,5)6/h15-16H,13-14H2,1-12H3. The van der Waals surface area contributed by atoms with Crippen LogP contribution in [0.4, 0.5) is 0 Å². The van der Waals surface area contributed by atoms with Gasteiger partial charge >= 0.3 is 0 Å². The minimum absolute atomic E-state index is 0.203. The molecule has 0 aromatic heterocycles. The van der Waals surface area contributed by atoms with Gasteiger partial charge in [-0.25, -0.2) is 0 Å². The molecule has 4 heteroatoms. The second-order valence-corrected chi connectivity index (χ2v) is 10.4. The van der Waals surface area contributed by atoms with Gasteiger partial charge in [0.2, 0.25) is 0 Å². The lowest BCUT2D eigenvalue weighted by atomic mass is 10.1. The molecule has 0 aliphatic heterocycles. The van der Waals surface area contributed by atoms with Crippen molar-refractivity contribution in [1.29, 1.82) is 0 Å². The molecule has 0 saturated heterocycles. The largest absolute Gasteiger partial charge is 0.373 e. The second-order valence-electron chi connectivity index (χ2n) is 10.4. The third kappa shape index (κ3) is 14.2. The normalized spacial score (nSPS) is 17.0. The molecule has 2 atom stereocenters. The smallest absolute Gasteiger partial charge is 0.110 e. The summed E-state index contributed by atoms with van der Waals surface area (Å²) in [5, 5.41) is 0. The lowest BCUT2D eigenvalue weighted by Gasteiger charge is -2.38. The number of rotatable bonds is 7. The lowest BCUT2D eigenvalue weighted by molar-refractivity contribution is -0.210. The Kier molecular flexibility index (Phi) is 8.42. The van der Waals surface area contributed by atoms with Gasteiger partial charge in [0.1, 0.15) is 12.2 Å².